The second kappa shape index (κ2) is 8.03. The monoisotopic (exact) mass is 330 g/mol. The van der Waals surface area contributed by atoms with E-state index >= 15 is 0 Å². The molecule has 3 atom stereocenters. The number of carboxylic acid groups (broad SMARTS) is 1. The number of nitrogens with one attached hydrogen (secondary N) is 1. The molecule has 1 saturated heterocycles. The number of rotatable bonds is 8. The summed E-state index contributed by atoms with van der Waals surface area (Å²) in [4.78, 5) is 48.4. The minimum atomic E-state index is -1.42. The lowest BCUT2D eigenvalue weighted by Crippen LogP contribution is -2.48. The van der Waals surface area contributed by atoms with Gasteiger partial charge in [0.15, 0.2) is 5.78 Å². The predicted octanol–water partition coefficient (Wildman–Crippen LogP) is 0.235. The van der Waals surface area contributed by atoms with Crippen molar-refractivity contribution in [1.29, 1.82) is 0 Å². The van der Waals surface area contributed by atoms with Crippen LogP contribution in [0, 0.1) is 17.8 Å². The van der Waals surface area contributed by atoms with Crippen molar-refractivity contribution in [2.45, 2.75) is 32.7 Å². The van der Waals surface area contributed by atoms with Crippen LogP contribution in [-0.4, -0.2) is 59.9 Å². The topological polar surface area (TPSA) is 104 Å². The van der Waals surface area contributed by atoms with Crippen LogP contribution in [0.25, 0.3) is 0 Å². The highest BCUT2D eigenvalue weighted by atomic mass is 19.1. The summed E-state index contributed by atoms with van der Waals surface area (Å²) in [5.74, 6) is -4.40. The van der Waals surface area contributed by atoms with Gasteiger partial charge in [0, 0.05) is 13.6 Å². The molecule has 2 amide bonds. The maximum absolute atomic E-state index is 12.6. The number of alkyl halides is 1. The molecule has 1 aliphatic rings. The van der Waals surface area contributed by atoms with E-state index in [9.17, 15) is 23.6 Å². The number of carbonyl (C=O) groups is 4. The fourth-order valence-electron chi connectivity index (χ4n) is 2.91. The first-order chi connectivity index (χ1) is 10.7. The SMILES string of the molecule is CC(C)[C@@H](C(=O)NC(CC(=O)O)C(=O)CF)C1CCN(C)C1=O. The Morgan fingerprint density at radius 3 is 2.39 bits per heavy atom. The van der Waals surface area contributed by atoms with Crippen molar-refractivity contribution in [3.05, 3.63) is 0 Å². The smallest absolute Gasteiger partial charge is 0.305 e. The third-order valence-corrected chi connectivity index (χ3v) is 4.14. The van der Waals surface area contributed by atoms with Gasteiger partial charge in [0.25, 0.3) is 0 Å². The van der Waals surface area contributed by atoms with Crippen LogP contribution >= 0.6 is 0 Å². The normalized spacial score (nSPS) is 20.5. The first-order valence-corrected chi connectivity index (χ1v) is 7.54. The van der Waals surface area contributed by atoms with Gasteiger partial charge in [-0.25, -0.2) is 4.39 Å². The van der Waals surface area contributed by atoms with Gasteiger partial charge in [-0.05, 0) is 12.3 Å². The van der Waals surface area contributed by atoms with Crippen molar-refractivity contribution in [3.8, 4) is 0 Å². The number of ketones is 1. The molecule has 2 N–H and O–H groups in total. The molecule has 7 nitrogen and oxygen atoms in total. The molecule has 1 aliphatic heterocycles. The van der Waals surface area contributed by atoms with Crippen molar-refractivity contribution in [2.24, 2.45) is 17.8 Å². The maximum atomic E-state index is 12.6. The summed E-state index contributed by atoms with van der Waals surface area (Å²) in [5, 5.41) is 11.1. The quantitative estimate of drug-likeness (QED) is 0.663. The number of nitrogens with zero attached hydrogens (tertiary/aromatic N) is 1. The van der Waals surface area contributed by atoms with Crippen LogP contribution in [-0.2, 0) is 19.2 Å². The third kappa shape index (κ3) is 4.74. The van der Waals surface area contributed by atoms with E-state index in [1.54, 1.807) is 20.9 Å². The molecule has 130 valence electrons. The summed E-state index contributed by atoms with van der Waals surface area (Å²) in [6, 6.07) is -1.42. The molecule has 0 bridgehead atoms. The highest BCUT2D eigenvalue weighted by molar-refractivity contribution is 5.95. The zero-order valence-electron chi connectivity index (χ0n) is 13.5. The standard InChI is InChI=1S/C15H23FN2O5/c1-8(2)13(9-4-5-18(3)15(9)23)14(22)17-10(6-12(20)21)11(19)7-16/h8-10,13H,4-7H2,1-3H3,(H,17,22)(H,20,21)/t9?,10?,13-/m1/s1. The zero-order valence-corrected chi connectivity index (χ0v) is 13.5. The Morgan fingerprint density at radius 2 is 2.00 bits per heavy atom. The average Bonchev–Trinajstić information content (AvgIpc) is 2.77. The molecular weight excluding hydrogens is 307 g/mol. The molecule has 23 heavy (non-hydrogen) atoms. The Hall–Kier alpha value is -1.99. The van der Waals surface area contributed by atoms with Gasteiger partial charge in [0.2, 0.25) is 11.8 Å². The second-order valence-electron chi connectivity index (χ2n) is 6.18. The lowest BCUT2D eigenvalue weighted by molar-refractivity contribution is -0.142. The molecule has 0 aromatic rings. The highest BCUT2D eigenvalue weighted by Gasteiger charge is 2.41. The van der Waals surface area contributed by atoms with Gasteiger partial charge in [0.1, 0.15) is 12.7 Å². The fourth-order valence-corrected chi connectivity index (χ4v) is 2.91. The van der Waals surface area contributed by atoms with Crippen LogP contribution in [0.1, 0.15) is 26.7 Å². The van der Waals surface area contributed by atoms with Crippen molar-refractivity contribution in [1.82, 2.24) is 10.2 Å². The molecule has 1 rings (SSSR count). The summed E-state index contributed by atoms with van der Waals surface area (Å²) in [5.41, 5.74) is 0. The van der Waals surface area contributed by atoms with E-state index in [-0.39, 0.29) is 11.8 Å². The summed E-state index contributed by atoms with van der Waals surface area (Å²) in [6.45, 7) is 2.75. The van der Waals surface area contributed by atoms with Crippen LogP contribution < -0.4 is 5.32 Å². The van der Waals surface area contributed by atoms with Crippen molar-refractivity contribution in [2.75, 3.05) is 20.3 Å². The Bertz CT molecular complexity index is 494. The number of carboxylic acids is 1. The van der Waals surface area contributed by atoms with E-state index < -0.39 is 48.6 Å². The van der Waals surface area contributed by atoms with Gasteiger partial charge in [0.05, 0.1) is 18.3 Å². The van der Waals surface area contributed by atoms with Crippen LogP contribution in [0.15, 0.2) is 0 Å². The zero-order chi connectivity index (χ0) is 17.7. The van der Waals surface area contributed by atoms with E-state index in [1.165, 1.54) is 4.90 Å². The lowest BCUT2D eigenvalue weighted by atomic mass is 9.81. The van der Waals surface area contributed by atoms with Crippen LogP contribution in [0.3, 0.4) is 0 Å². The van der Waals surface area contributed by atoms with E-state index in [0.29, 0.717) is 13.0 Å². The minimum absolute atomic E-state index is 0.148. The largest absolute Gasteiger partial charge is 0.481 e. The molecule has 0 aromatic heterocycles. The Balaban J connectivity index is 2.90. The average molecular weight is 330 g/mol. The number of carbonyl (C=O) groups excluding carboxylic acids is 3. The highest BCUT2D eigenvalue weighted by Crippen LogP contribution is 2.30. The summed E-state index contributed by atoms with van der Waals surface area (Å²) in [7, 11) is 1.65. The first kappa shape index (κ1) is 19.1. The van der Waals surface area contributed by atoms with Gasteiger partial charge in [-0.1, -0.05) is 13.8 Å². The fraction of sp³-hybridized carbons (Fsp3) is 0.733. The van der Waals surface area contributed by atoms with Crippen molar-refractivity contribution < 1.29 is 28.7 Å². The number of Topliss-reactive ketones (excluding diaryl/α,β-unsaturated/α-hetero) is 1. The van der Waals surface area contributed by atoms with Gasteiger partial charge in [-0.2, -0.15) is 0 Å². The molecule has 0 aliphatic carbocycles. The van der Waals surface area contributed by atoms with Gasteiger partial charge in [-0.15, -0.1) is 0 Å². The summed E-state index contributed by atoms with van der Waals surface area (Å²) < 4.78 is 12.6. The van der Waals surface area contributed by atoms with Crippen LogP contribution in [0.5, 0.6) is 0 Å². The molecule has 1 heterocycles. The van der Waals surface area contributed by atoms with Crippen molar-refractivity contribution in [3.63, 3.8) is 0 Å². The van der Waals surface area contributed by atoms with Crippen LogP contribution in [0.2, 0.25) is 0 Å². The molecule has 0 aromatic carbocycles. The number of hydrogen-bond donors (Lipinski definition) is 2. The third-order valence-electron chi connectivity index (χ3n) is 4.14. The molecule has 1 fully saturated rings. The summed E-state index contributed by atoms with van der Waals surface area (Å²) >= 11 is 0. The Kier molecular flexibility index (Phi) is 6.65. The van der Waals surface area contributed by atoms with Gasteiger partial charge in [-0.3, -0.25) is 19.2 Å². The van der Waals surface area contributed by atoms with E-state index in [4.69, 9.17) is 5.11 Å². The molecule has 0 saturated carbocycles. The predicted molar refractivity (Wildman–Crippen MR) is 79.2 cm³/mol. The number of aliphatic carboxylic acids is 1. The molecular formula is C15H23FN2O5. The Morgan fingerprint density at radius 1 is 1.39 bits per heavy atom. The van der Waals surface area contributed by atoms with E-state index in [1.807, 2.05) is 0 Å². The second-order valence-corrected chi connectivity index (χ2v) is 6.18. The molecule has 0 radical (unpaired) electrons. The Labute approximate surface area is 134 Å². The van der Waals surface area contributed by atoms with E-state index in [0.717, 1.165) is 0 Å². The van der Waals surface area contributed by atoms with Gasteiger partial charge >= 0.3 is 5.97 Å². The van der Waals surface area contributed by atoms with E-state index in [2.05, 4.69) is 5.32 Å². The number of likely N-dealkylation sites (tertiary alicyclic amines) is 1. The maximum Gasteiger partial charge on any atom is 0.305 e. The number of hydrogen-bond acceptors (Lipinski definition) is 4. The molecule has 0 spiro atoms. The number of amides is 2. The molecule has 8 heteroatoms. The minimum Gasteiger partial charge on any atom is -0.481 e. The molecule has 2 unspecified atom stereocenters. The lowest BCUT2D eigenvalue weighted by Gasteiger charge is -2.27. The van der Waals surface area contributed by atoms with Gasteiger partial charge < -0.3 is 15.3 Å². The van der Waals surface area contributed by atoms with Crippen LogP contribution in [0.4, 0.5) is 4.39 Å². The summed E-state index contributed by atoms with van der Waals surface area (Å²) in [6.07, 6.45) is -0.163. The van der Waals surface area contributed by atoms with Crippen molar-refractivity contribution >= 4 is 23.6 Å². The first-order valence-electron chi connectivity index (χ1n) is 7.54. The number of halogens is 1.